The number of esters is 2. The Kier molecular flexibility index (Phi) is 20.9. The van der Waals surface area contributed by atoms with Gasteiger partial charge in [0.1, 0.15) is 28.2 Å². The topological polar surface area (TPSA) is 251 Å². The third-order valence-corrected chi connectivity index (χ3v) is 3.78. The third-order valence-electron chi connectivity index (χ3n) is 3.78. The Bertz CT molecular complexity index is 948. The monoisotopic (exact) mass is 596 g/mol. The molecular formula is C22H31N2O17+. The summed E-state index contributed by atoms with van der Waals surface area (Å²) in [4.78, 5) is 90.0. The van der Waals surface area contributed by atoms with E-state index in [1.807, 2.05) is 0 Å². The molecule has 0 bridgehead atoms. The summed E-state index contributed by atoms with van der Waals surface area (Å²) in [6.45, 7) is -2.01. The van der Waals surface area contributed by atoms with Crippen LogP contribution in [0.1, 0.15) is 27.1 Å². The first-order chi connectivity index (χ1) is 19.8. The first kappa shape index (κ1) is 36.5. The van der Waals surface area contributed by atoms with Crippen molar-refractivity contribution < 1.29 is 83.3 Å². The Morgan fingerprint density at radius 2 is 1.17 bits per heavy atom. The number of carbonyl (C=O) groups excluding carboxylic acids is 8. The highest BCUT2D eigenvalue weighted by molar-refractivity contribution is 6.01. The molecular weight excluding hydrogens is 564 g/mol. The van der Waals surface area contributed by atoms with E-state index in [0.29, 0.717) is 5.06 Å². The minimum absolute atomic E-state index is 0.00322. The molecule has 2 aliphatic heterocycles. The molecule has 19 nitrogen and oxygen atoms in total. The molecule has 19 heteroatoms. The molecule has 0 atom stereocenters. The van der Waals surface area contributed by atoms with Gasteiger partial charge < -0.3 is 38.4 Å². The predicted octanol–water partition coefficient (Wildman–Crippen LogP) is -3.07. The number of terminal acetylenes is 1. The molecule has 0 radical (unpaired) electrons. The molecule has 4 amide bonds. The summed E-state index contributed by atoms with van der Waals surface area (Å²) < 4.78 is 32.8. The van der Waals surface area contributed by atoms with Crippen molar-refractivity contribution in [3.8, 4) is 12.8 Å². The largest absolute Gasteiger partial charge is 0.562 e. The van der Waals surface area contributed by atoms with E-state index in [1.165, 1.54) is 20.6 Å². The van der Waals surface area contributed by atoms with E-state index in [0.717, 1.165) is 0 Å². The third kappa shape index (κ3) is 19.3. The summed E-state index contributed by atoms with van der Waals surface area (Å²) in [5.41, 5.74) is 0. The van der Waals surface area contributed by atoms with Crippen LogP contribution in [0.2, 0.25) is 0 Å². The summed E-state index contributed by atoms with van der Waals surface area (Å²) in [5, 5.41) is 15.3. The van der Waals surface area contributed by atoms with Crippen LogP contribution in [-0.4, -0.2) is 122 Å². The van der Waals surface area contributed by atoms with E-state index in [4.69, 9.17) is 11.7 Å². The van der Waals surface area contributed by atoms with E-state index in [-0.39, 0.29) is 57.5 Å². The number of carbonyl (C=O) groups is 8. The van der Waals surface area contributed by atoms with Crippen molar-refractivity contribution in [2.75, 3.05) is 54.2 Å². The molecule has 2 saturated heterocycles. The summed E-state index contributed by atoms with van der Waals surface area (Å²) in [5.74, 6) is -5.68. The molecule has 2 rings (SSSR count). The Morgan fingerprint density at radius 1 is 0.780 bits per heavy atom. The van der Waals surface area contributed by atoms with Gasteiger partial charge in [-0.25, -0.2) is 14.4 Å². The first-order valence-corrected chi connectivity index (χ1v) is 11.0. The van der Waals surface area contributed by atoms with E-state index in [9.17, 15) is 38.4 Å². The van der Waals surface area contributed by atoms with Gasteiger partial charge in [-0.15, -0.1) is 17.9 Å². The molecule has 230 valence electrons. The van der Waals surface area contributed by atoms with Gasteiger partial charge in [0.25, 0.3) is 23.6 Å². The van der Waals surface area contributed by atoms with Crippen molar-refractivity contribution >= 4 is 47.5 Å². The molecule has 2 fully saturated rings. The van der Waals surface area contributed by atoms with Crippen molar-refractivity contribution in [2.24, 2.45) is 0 Å². The number of hydrogen-bond acceptors (Lipinski definition) is 16. The molecule has 0 unspecified atom stereocenters. The van der Waals surface area contributed by atoms with Crippen LogP contribution in [-0.2, 0) is 71.6 Å². The number of amides is 4. The normalized spacial score (nSPS) is 13.8. The molecule has 0 aromatic rings. The molecule has 0 aliphatic carbocycles. The maximum atomic E-state index is 11.2. The van der Waals surface area contributed by atoms with Crippen LogP contribution >= 0.6 is 0 Å². The fraction of sp³-hybridized carbons (Fsp3) is 0.545. The predicted molar refractivity (Wildman–Crippen MR) is 126 cm³/mol. The van der Waals surface area contributed by atoms with Gasteiger partial charge in [-0.05, 0) is 0 Å². The number of ether oxygens (including phenoxy) is 6. The fourth-order valence-electron chi connectivity index (χ4n) is 2.14. The Morgan fingerprint density at radius 3 is 1.51 bits per heavy atom. The van der Waals surface area contributed by atoms with E-state index in [1.54, 1.807) is 0 Å². The molecule has 3 N–H and O–H groups in total. The number of rotatable bonds is 13. The van der Waals surface area contributed by atoms with Crippen LogP contribution in [0.5, 0.6) is 0 Å². The average molecular weight is 596 g/mol. The number of hydrogen-bond donors (Lipinski definition) is 1. The summed E-state index contributed by atoms with van der Waals surface area (Å²) in [7, 11) is 2.80. The first-order valence-electron chi connectivity index (χ1n) is 11.5. The molecule has 41 heavy (non-hydrogen) atoms. The lowest BCUT2D eigenvalue weighted by molar-refractivity contribution is -0.201. The average Bonchev–Trinajstić information content (AvgIpc) is 3.42. The second-order valence-corrected chi connectivity index (χ2v) is 6.90. The summed E-state index contributed by atoms with van der Waals surface area (Å²) >= 11 is 0. The van der Waals surface area contributed by atoms with Crippen molar-refractivity contribution in [1.82, 2.24) is 10.1 Å². The minimum Gasteiger partial charge on any atom is -0.562 e. The van der Waals surface area contributed by atoms with Crippen molar-refractivity contribution in [3.05, 3.63) is 0 Å². The SMILES string of the molecule is COCOCC(=O)OCC(=O)ON1C(=O)CCC1=O.COCOCC(=O)OCC(=O)[OH2+].O=C1CCC(=O)N1O.[2H]C#C. The molecule has 0 aromatic carbocycles. The van der Waals surface area contributed by atoms with E-state index >= 15 is 0 Å². The standard InChI is InChI=1S/C10H13NO8.C6H10O6.C4H5NO3.C2H2/c1-16-6-17-4-9(14)18-5-10(15)19-11-7(12)2-3-8(11)13;1-10-4-11-3-6(9)12-2-5(7)8;6-3-1-2-4(7)5(3)8;1-2/h2-6H2,1H3;2-4H2,1H3,(H,7,8);8H,1-2H2;1-2H/p+1/i;;;1D. The zero-order valence-electron chi connectivity index (χ0n) is 23.1. The van der Waals surface area contributed by atoms with Gasteiger partial charge in [0.2, 0.25) is 6.61 Å². The fourth-order valence-corrected chi connectivity index (χ4v) is 2.14. The van der Waals surface area contributed by atoms with E-state index in [2.05, 4.69) is 39.7 Å². The maximum Gasteiger partial charge on any atom is 0.554 e. The minimum atomic E-state index is -1.02. The Hall–Kier alpha value is -4.48. The zero-order valence-corrected chi connectivity index (χ0v) is 22.1. The molecule has 0 aromatic heterocycles. The molecule has 0 spiro atoms. The lowest BCUT2D eigenvalue weighted by Crippen LogP contribution is -2.34. The number of nitrogens with zero attached hydrogens (tertiary/aromatic N) is 2. The van der Waals surface area contributed by atoms with Gasteiger partial charge >= 0.3 is 23.9 Å². The maximum absolute atomic E-state index is 11.2. The highest BCUT2D eigenvalue weighted by Gasteiger charge is 2.33. The van der Waals surface area contributed by atoms with Crippen molar-refractivity contribution in [3.63, 3.8) is 0 Å². The van der Waals surface area contributed by atoms with Crippen LogP contribution in [0.25, 0.3) is 0 Å². The van der Waals surface area contributed by atoms with E-state index < -0.39 is 60.7 Å². The van der Waals surface area contributed by atoms with Crippen LogP contribution in [0.15, 0.2) is 0 Å². The van der Waals surface area contributed by atoms with Crippen LogP contribution < -0.4 is 0 Å². The summed E-state index contributed by atoms with van der Waals surface area (Å²) in [6.07, 6.45) is 6.05. The van der Waals surface area contributed by atoms with Gasteiger partial charge in [0.15, 0.2) is 6.61 Å². The molecule has 2 heterocycles. The second-order valence-electron chi connectivity index (χ2n) is 6.90. The van der Waals surface area contributed by atoms with Crippen molar-refractivity contribution in [1.29, 1.82) is 0 Å². The van der Waals surface area contributed by atoms with Gasteiger partial charge in [0, 0.05) is 44.7 Å². The smallest absolute Gasteiger partial charge is 0.554 e. The van der Waals surface area contributed by atoms with Gasteiger partial charge in [-0.2, -0.15) is 5.06 Å². The summed E-state index contributed by atoms with van der Waals surface area (Å²) in [6, 6.07) is 0. The van der Waals surface area contributed by atoms with Gasteiger partial charge in [-0.1, -0.05) is 0 Å². The Balaban J connectivity index is 0. The van der Waals surface area contributed by atoms with Crippen LogP contribution in [0.4, 0.5) is 0 Å². The highest BCUT2D eigenvalue weighted by Crippen LogP contribution is 2.12. The lowest BCUT2D eigenvalue weighted by Gasteiger charge is -2.12. The van der Waals surface area contributed by atoms with Gasteiger partial charge in [-0.3, -0.25) is 24.4 Å². The Labute approximate surface area is 234 Å². The van der Waals surface area contributed by atoms with Crippen LogP contribution in [0, 0.1) is 12.8 Å². The zero-order chi connectivity index (χ0) is 32.5. The molecule has 0 saturated carbocycles. The quantitative estimate of drug-likeness (QED) is 0.0421. The van der Waals surface area contributed by atoms with Crippen molar-refractivity contribution in [2.45, 2.75) is 25.7 Å². The number of hydroxylamine groups is 4. The second kappa shape index (κ2) is 23.4. The molecule has 2 aliphatic rings. The number of methoxy groups -OCH3 is 2. The van der Waals surface area contributed by atoms with Gasteiger partial charge in [0.05, 0.1) is 0 Å². The lowest BCUT2D eigenvalue weighted by atomic mass is 10.4. The highest BCUT2D eigenvalue weighted by atomic mass is 16.7. The number of imide groups is 2. The van der Waals surface area contributed by atoms with Crippen LogP contribution in [0.3, 0.4) is 0 Å².